The predicted octanol–water partition coefficient (Wildman–Crippen LogP) is 2.92. The van der Waals surface area contributed by atoms with Crippen molar-refractivity contribution < 1.29 is 0 Å². The molecule has 1 nitrogen and oxygen atoms in total. The van der Waals surface area contributed by atoms with E-state index in [1.54, 1.807) is 0 Å². The SMILES string of the molecule is C#CC[C@@H]1CCCN(Cc2ccccc2)C1. The van der Waals surface area contributed by atoms with Gasteiger partial charge in [-0.2, -0.15) is 0 Å². The van der Waals surface area contributed by atoms with Gasteiger partial charge in [0.25, 0.3) is 0 Å². The van der Waals surface area contributed by atoms with Crippen LogP contribution in [0.15, 0.2) is 30.3 Å². The van der Waals surface area contributed by atoms with Crippen molar-refractivity contribution in [3.63, 3.8) is 0 Å². The molecular weight excluding hydrogens is 194 g/mol. The molecule has 0 spiro atoms. The highest BCUT2D eigenvalue weighted by Gasteiger charge is 2.18. The van der Waals surface area contributed by atoms with Crippen LogP contribution in [0, 0.1) is 18.3 Å². The number of benzene rings is 1. The van der Waals surface area contributed by atoms with E-state index in [4.69, 9.17) is 6.42 Å². The molecule has 0 radical (unpaired) electrons. The summed E-state index contributed by atoms with van der Waals surface area (Å²) in [4.78, 5) is 2.53. The molecule has 0 aliphatic carbocycles. The summed E-state index contributed by atoms with van der Waals surface area (Å²) in [7, 11) is 0. The van der Waals surface area contributed by atoms with E-state index in [1.165, 1.54) is 31.5 Å². The molecule has 16 heavy (non-hydrogen) atoms. The highest BCUT2D eigenvalue weighted by Crippen LogP contribution is 2.20. The van der Waals surface area contributed by atoms with E-state index < -0.39 is 0 Å². The molecule has 84 valence electrons. The van der Waals surface area contributed by atoms with Gasteiger partial charge in [0.05, 0.1) is 0 Å². The maximum Gasteiger partial charge on any atom is 0.0233 e. The Bertz CT molecular complexity index is 349. The van der Waals surface area contributed by atoms with Gasteiger partial charge in [-0.1, -0.05) is 30.3 Å². The molecular formula is C15H19N. The van der Waals surface area contributed by atoms with Crippen LogP contribution in [-0.2, 0) is 6.54 Å². The van der Waals surface area contributed by atoms with Gasteiger partial charge in [0.2, 0.25) is 0 Å². The Labute approximate surface area is 98.5 Å². The molecule has 2 rings (SSSR count). The second-order valence-electron chi connectivity index (χ2n) is 4.64. The summed E-state index contributed by atoms with van der Waals surface area (Å²) in [5.41, 5.74) is 1.41. The van der Waals surface area contributed by atoms with Crippen molar-refractivity contribution in [2.75, 3.05) is 13.1 Å². The first-order valence-corrected chi connectivity index (χ1v) is 6.08. The number of hydrogen-bond acceptors (Lipinski definition) is 1. The van der Waals surface area contributed by atoms with E-state index in [-0.39, 0.29) is 0 Å². The summed E-state index contributed by atoms with van der Waals surface area (Å²) in [5.74, 6) is 3.51. The van der Waals surface area contributed by atoms with Gasteiger partial charge in [0.15, 0.2) is 0 Å². The molecule has 1 atom stereocenters. The van der Waals surface area contributed by atoms with E-state index >= 15 is 0 Å². The zero-order valence-corrected chi connectivity index (χ0v) is 9.73. The highest BCUT2D eigenvalue weighted by atomic mass is 15.1. The lowest BCUT2D eigenvalue weighted by atomic mass is 9.95. The first-order valence-electron chi connectivity index (χ1n) is 6.08. The van der Waals surface area contributed by atoms with Crippen LogP contribution in [0.25, 0.3) is 0 Å². The van der Waals surface area contributed by atoms with Gasteiger partial charge >= 0.3 is 0 Å². The number of likely N-dealkylation sites (tertiary alicyclic amines) is 1. The fraction of sp³-hybridized carbons (Fsp3) is 0.467. The second kappa shape index (κ2) is 5.72. The van der Waals surface area contributed by atoms with Gasteiger partial charge in [-0.25, -0.2) is 0 Å². The summed E-state index contributed by atoms with van der Waals surface area (Å²) in [6.07, 6.45) is 8.92. The number of rotatable bonds is 3. The summed E-state index contributed by atoms with van der Waals surface area (Å²) >= 11 is 0. The molecule has 0 saturated carbocycles. The van der Waals surface area contributed by atoms with Gasteiger partial charge in [-0.05, 0) is 30.9 Å². The second-order valence-corrected chi connectivity index (χ2v) is 4.64. The molecule has 0 aromatic heterocycles. The van der Waals surface area contributed by atoms with E-state index in [9.17, 15) is 0 Å². The Kier molecular flexibility index (Phi) is 4.02. The first kappa shape index (κ1) is 11.2. The summed E-state index contributed by atoms with van der Waals surface area (Å²) < 4.78 is 0. The average Bonchev–Trinajstić information content (AvgIpc) is 2.31. The molecule has 1 aromatic rings. The van der Waals surface area contributed by atoms with E-state index in [2.05, 4.69) is 41.2 Å². The Morgan fingerprint density at radius 1 is 1.31 bits per heavy atom. The van der Waals surface area contributed by atoms with Crippen molar-refractivity contribution >= 4 is 0 Å². The van der Waals surface area contributed by atoms with Crippen LogP contribution < -0.4 is 0 Å². The Hall–Kier alpha value is -1.26. The Balaban J connectivity index is 1.88. The van der Waals surface area contributed by atoms with Gasteiger partial charge in [0.1, 0.15) is 0 Å². The molecule has 0 N–H and O–H groups in total. The third kappa shape index (κ3) is 3.12. The van der Waals surface area contributed by atoms with Crippen LogP contribution in [0.3, 0.4) is 0 Å². The minimum atomic E-state index is 0.711. The van der Waals surface area contributed by atoms with Gasteiger partial charge < -0.3 is 0 Å². The van der Waals surface area contributed by atoms with Crippen molar-refractivity contribution in [1.29, 1.82) is 0 Å². The minimum Gasteiger partial charge on any atom is -0.299 e. The largest absolute Gasteiger partial charge is 0.299 e. The normalized spacial score (nSPS) is 21.6. The zero-order chi connectivity index (χ0) is 11.2. The maximum atomic E-state index is 5.39. The van der Waals surface area contributed by atoms with Crippen molar-refractivity contribution in [3.8, 4) is 12.3 Å². The minimum absolute atomic E-state index is 0.711. The quantitative estimate of drug-likeness (QED) is 0.698. The third-order valence-electron chi connectivity index (χ3n) is 3.26. The first-order chi connectivity index (χ1) is 7.88. The zero-order valence-electron chi connectivity index (χ0n) is 9.73. The summed E-state index contributed by atoms with van der Waals surface area (Å²) in [6.45, 7) is 3.46. The van der Waals surface area contributed by atoms with Crippen LogP contribution >= 0.6 is 0 Å². The smallest absolute Gasteiger partial charge is 0.0233 e. The van der Waals surface area contributed by atoms with Gasteiger partial charge in [-0.3, -0.25) is 4.90 Å². The lowest BCUT2D eigenvalue weighted by Crippen LogP contribution is -2.34. The molecule has 1 aliphatic rings. The average molecular weight is 213 g/mol. The third-order valence-corrected chi connectivity index (χ3v) is 3.26. The lowest BCUT2D eigenvalue weighted by molar-refractivity contribution is 0.169. The lowest BCUT2D eigenvalue weighted by Gasteiger charge is -2.31. The fourth-order valence-electron chi connectivity index (χ4n) is 2.47. The van der Waals surface area contributed by atoms with Crippen molar-refractivity contribution in [3.05, 3.63) is 35.9 Å². The standard InChI is InChI=1S/C15H19N/c1-2-7-14-10-6-11-16(12-14)13-15-8-4-3-5-9-15/h1,3-5,8-9,14H,6-7,10-13H2/t14-/m1/s1. The highest BCUT2D eigenvalue weighted by molar-refractivity contribution is 5.14. The predicted molar refractivity (Wildman–Crippen MR) is 67.9 cm³/mol. The molecule has 1 heterocycles. The Morgan fingerprint density at radius 2 is 2.12 bits per heavy atom. The summed E-state index contributed by atoms with van der Waals surface area (Å²) in [6, 6.07) is 10.7. The fourth-order valence-corrected chi connectivity index (χ4v) is 2.47. The van der Waals surface area contributed by atoms with Crippen LogP contribution in [-0.4, -0.2) is 18.0 Å². The number of piperidine rings is 1. The molecule has 1 aliphatic heterocycles. The molecule has 1 fully saturated rings. The molecule has 1 heteroatoms. The van der Waals surface area contributed by atoms with Crippen LogP contribution in [0.1, 0.15) is 24.8 Å². The molecule has 1 saturated heterocycles. The number of terminal acetylenes is 1. The molecule has 1 aromatic carbocycles. The maximum absolute atomic E-state index is 5.39. The topological polar surface area (TPSA) is 3.24 Å². The Morgan fingerprint density at radius 3 is 2.88 bits per heavy atom. The molecule has 0 amide bonds. The van der Waals surface area contributed by atoms with E-state index in [0.717, 1.165) is 13.0 Å². The molecule has 0 bridgehead atoms. The summed E-state index contributed by atoms with van der Waals surface area (Å²) in [5, 5.41) is 0. The van der Waals surface area contributed by atoms with Crippen LogP contribution in [0.2, 0.25) is 0 Å². The van der Waals surface area contributed by atoms with Crippen molar-refractivity contribution in [1.82, 2.24) is 4.90 Å². The van der Waals surface area contributed by atoms with Gasteiger partial charge in [-0.15, -0.1) is 12.3 Å². The number of hydrogen-bond donors (Lipinski definition) is 0. The van der Waals surface area contributed by atoms with Crippen LogP contribution in [0.5, 0.6) is 0 Å². The monoisotopic (exact) mass is 213 g/mol. The van der Waals surface area contributed by atoms with Crippen molar-refractivity contribution in [2.45, 2.75) is 25.8 Å². The van der Waals surface area contributed by atoms with Crippen LogP contribution in [0.4, 0.5) is 0 Å². The van der Waals surface area contributed by atoms with E-state index in [0.29, 0.717) is 5.92 Å². The van der Waals surface area contributed by atoms with Crippen molar-refractivity contribution in [2.24, 2.45) is 5.92 Å². The van der Waals surface area contributed by atoms with Gasteiger partial charge in [0, 0.05) is 19.5 Å². The van der Waals surface area contributed by atoms with E-state index in [1.807, 2.05) is 0 Å². The number of nitrogens with zero attached hydrogens (tertiary/aromatic N) is 1. The molecule has 0 unspecified atom stereocenters.